The van der Waals surface area contributed by atoms with Crippen molar-refractivity contribution in [3.63, 3.8) is 0 Å². The molecule has 0 saturated heterocycles. The minimum absolute atomic E-state index is 1.10. The topological polar surface area (TPSA) is 3.24 Å². The highest BCUT2D eigenvalue weighted by molar-refractivity contribution is 7.27. The van der Waals surface area contributed by atoms with Crippen LogP contribution in [-0.2, 0) is 0 Å². The van der Waals surface area contributed by atoms with Gasteiger partial charge in [-0.3, -0.25) is 0 Å². The molecule has 0 amide bonds. The SMILES string of the molecule is c1ccc(-c2cc(N(c3ccc(-c4ccccc4-c4ccccc4)cc3)c3ccc(-c4cccc5c4sc4ccccc45)cc3)c3sc4c(-c5ccccc5)cccc4c3c2)cc1. The van der Waals surface area contributed by atoms with Crippen molar-refractivity contribution >= 4 is 80.1 Å². The van der Waals surface area contributed by atoms with Crippen LogP contribution in [0.4, 0.5) is 17.1 Å². The van der Waals surface area contributed by atoms with Crippen molar-refractivity contribution in [1.82, 2.24) is 0 Å². The second-order valence-electron chi connectivity index (χ2n) is 16.0. The first-order valence-corrected chi connectivity index (χ1v) is 23.0. The second-order valence-corrected chi connectivity index (χ2v) is 18.1. The van der Waals surface area contributed by atoms with Crippen molar-refractivity contribution in [2.45, 2.75) is 0 Å². The van der Waals surface area contributed by atoms with Crippen LogP contribution >= 0.6 is 22.7 Å². The highest BCUT2D eigenvalue weighted by Gasteiger charge is 2.22. The van der Waals surface area contributed by atoms with Gasteiger partial charge in [0.1, 0.15) is 0 Å². The first-order chi connectivity index (χ1) is 31.2. The summed E-state index contributed by atoms with van der Waals surface area (Å²) in [4.78, 5) is 2.48. The van der Waals surface area contributed by atoms with Crippen molar-refractivity contribution in [2.24, 2.45) is 0 Å². The van der Waals surface area contributed by atoms with Crippen molar-refractivity contribution in [3.8, 4) is 55.6 Å². The number of nitrogens with zero attached hydrogens (tertiary/aromatic N) is 1. The molecule has 0 bridgehead atoms. The molecule has 12 rings (SSSR count). The molecule has 63 heavy (non-hydrogen) atoms. The van der Waals surface area contributed by atoms with Gasteiger partial charge in [-0.1, -0.05) is 194 Å². The van der Waals surface area contributed by atoms with E-state index in [1.807, 2.05) is 22.7 Å². The van der Waals surface area contributed by atoms with Crippen LogP contribution in [0.3, 0.4) is 0 Å². The molecule has 0 aliphatic carbocycles. The molecule has 2 heterocycles. The maximum atomic E-state index is 2.48. The Kier molecular flexibility index (Phi) is 9.29. The standard InChI is InChI=1S/C60H39NS2/c1-4-16-40(17-5-1)45-38-55-54-28-15-25-50(42-20-8-3-9-21-42)59(54)63-60(55)56(39-45)61(46-34-30-43(31-35-46)49-23-11-10-22-48(49)41-18-6-2-7-19-41)47-36-32-44(33-37-47)51-26-14-27-53-52-24-12-13-29-57(52)62-58(51)53/h1-39H. The summed E-state index contributed by atoms with van der Waals surface area (Å²) in [5, 5.41) is 5.16. The monoisotopic (exact) mass is 837 g/mol. The van der Waals surface area contributed by atoms with Gasteiger partial charge in [0.05, 0.1) is 10.4 Å². The van der Waals surface area contributed by atoms with E-state index in [0.29, 0.717) is 0 Å². The third-order valence-corrected chi connectivity index (χ3v) is 14.8. The Balaban J connectivity index is 1.07. The van der Waals surface area contributed by atoms with Crippen LogP contribution in [0.15, 0.2) is 237 Å². The molecule has 0 N–H and O–H groups in total. The van der Waals surface area contributed by atoms with Crippen molar-refractivity contribution < 1.29 is 0 Å². The summed E-state index contributed by atoms with van der Waals surface area (Å²) in [5.41, 5.74) is 15.5. The van der Waals surface area contributed by atoms with E-state index in [1.54, 1.807) is 0 Å². The number of benzene rings is 10. The van der Waals surface area contributed by atoms with Crippen LogP contribution in [-0.4, -0.2) is 0 Å². The van der Waals surface area contributed by atoms with Gasteiger partial charge in [-0.2, -0.15) is 0 Å². The number of hydrogen-bond donors (Lipinski definition) is 0. The average molecular weight is 838 g/mol. The molecular weight excluding hydrogens is 799 g/mol. The van der Waals surface area contributed by atoms with Gasteiger partial charge in [-0.15, -0.1) is 22.7 Å². The van der Waals surface area contributed by atoms with E-state index < -0.39 is 0 Å². The molecule has 1 nitrogen and oxygen atoms in total. The lowest BCUT2D eigenvalue weighted by Gasteiger charge is -2.27. The molecular formula is C60H39NS2. The molecule has 2 aromatic heterocycles. The summed E-state index contributed by atoms with van der Waals surface area (Å²) in [5.74, 6) is 0. The zero-order chi connectivity index (χ0) is 41.7. The normalized spacial score (nSPS) is 11.5. The van der Waals surface area contributed by atoms with Crippen LogP contribution in [0.1, 0.15) is 0 Å². The van der Waals surface area contributed by atoms with Gasteiger partial charge in [0, 0.05) is 47.0 Å². The number of anilines is 3. The quantitative estimate of drug-likeness (QED) is 0.147. The maximum absolute atomic E-state index is 2.48. The lowest BCUT2D eigenvalue weighted by molar-refractivity contribution is 1.30. The van der Waals surface area contributed by atoms with E-state index >= 15 is 0 Å². The summed E-state index contributed by atoms with van der Waals surface area (Å²) in [7, 11) is 0. The van der Waals surface area contributed by atoms with E-state index in [1.165, 1.54) is 96.0 Å². The Labute approximate surface area is 375 Å². The largest absolute Gasteiger partial charge is 0.309 e. The van der Waals surface area contributed by atoms with Gasteiger partial charge in [-0.05, 0) is 98.1 Å². The zero-order valence-electron chi connectivity index (χ0n) is 34.3. The third-order valence-electron chi connectivity index (χ3n) is 12.3. The summed E-state index contributed by atoms with van der Waals surface area (Å²) in [6.45, 7) is 0. The molecule has 3 heteroatoms. The second kappa shape index (κ2) is 15.7. The van der Waals surface area contributed by atoms with E-state index in [4.69, 9.17) is 0 Å². The molecule has 0 radical (unpaired) electrons. The zero-order valence-corrected chi connectivity index (χ0v) is 35.9. The van der Waals surface area contributed by atoms with E-state index in [9.17, 15) is 0 Å². The minimum atomic E-state index is 1.10. The van der Waals surface area contributed by atoms with E-state index in [-0.39, 0.29) is 0 Å². The Bertz CT molecular complexity index is 3590. The Morgan fingerprint density at radius 1 is 0.254 bits per heavy atom. The first kappa shape index (κ1) is 37.2. The molecule has 0 saturated carbocycles. The molecule has 0 fully saturated rings. The Hall–Kier alpha value is -7.56. The van der Waals surface area contributed by atoms with E-state index in [0.717, 1.165) is 17.1 Å². The van der Waals surface area contributed by atoms with Gasteiger partial charge in [0.25, 0.3) is 0 Å². The number of thiophene rings is 2. The molecule has 0 spiro atoms. The van der Waals surface area contributed by atoms with Crippen LogP contribution in [0.2, 0.25) is 0 Å². The smallest absolute Gasteiger partial charge is 0.0646 e. The lowest BCUT2D eigenvalue weighted by atomic mass is 9.94. The molecule has 296 valence electrons. The average Bonchev–Trinajstić information content (AvgIpc) is 3.94. The highest BCUT2D eigenvalue weighted by atomic mass is 32.1. The van der Waals surface area contributed by atoms with Gasteiger partial charge in [-0.25, -0.2) is 0 Å². The van der Waals surface area contributed by atoms with Crippen LogP contribution < -0.4 is 4.90 Å². The van der Waals surface area contributed by atoms with Gasteiger partial charge >= 0.3 is 0 Å². The number of fused-ring (bicyclic) bond motifs is 6. The summed E-state index contributed by atoms with van der Waals surface area (Å²) >= 11 is 3.77. The fourth-order valence-corrected chi connectivity index (χ4v) is 11.8. The molecule has 10 aromatic carbocycles. The first-order valence-electron chi connectivity index (χ1n) is 21.4. The number of rotatable bonds is 8. The van der Waals surface area contributed by atoms with Crippen LogP contribution in [0.5, 0.6) is 0 Å². The van der Waals surface area contributed by atoms with Crippen molar-refractivity contribution in [3.05, 3.63) is 237 Å². The Morgan fingerprint density at radius 3 is 1.29 bits per heavy atom. The Morgan fingerprint density at radius 2 is 0.683 bits per heavy atom. The van der Waals surface area contributed by atoms with Crippen molar-refractivity contribution in [2.75, 3.05) is 4.90 Å². The lowest BCUT2D eigenvalue weighted by Crippen LogP contribution is -2.10. The molecule has 0 aliphatic rings. The number of hydrogen-bond acceptors (Lipinski definition) is 3. The predicted octanol–water partition coefficient (Wildman–Crippen LogP) is 18.2. The maximum Gasteiger partial charge on any atom is 0.0646 e. The van der Waals surface area contributed by atoms with Crippen LogP contribution in [0.25, 0.3) is 96.0 Å². The van der Waals surface area contributed by atoms with Crippen LogP contribution in [0, 0.1) is 0 Å². The fourth-order valence-electron chi connectivity index (χ4n) is 9.28. The van der Waals surface area contributed by atoms with Gasteiger partial charge < -0.3 is 4.90 Å². The van der Waals surface area contributed by atoms with Gasteiger partial charge in [0.2, 0.25) is 0 Å². The van der Waals surface area contributed by atoms with E-state index in [2.05, 4.69) is 241 Å². The molecule has 12 aromatic rings. The fraction of sp³-hybridized carbons (Fsp3) is 0. The van der Waals surface area contributed by atoms with Crippen molar-refractivity contribution in [1.29, 1.82) is 0 Å². The minimum Gasteiger partial charge on any atom is -0.309 e. The molecule has 0 unspecified atom stereocenters. The predicted molar refractivity (Wildman–Crippen MR) is 274 cm³/mol. The molecule has 0 aliphatic heterocycles. The highest BCUT2D eigenvalue weighted by Crippen LogP contribution is 2.50. The third kappa shape index (κ3) is 6.61. The van der Waals surface area contributed by atoms with Gasteiger partial charge in [0.15, 0.2) is 0 Å². The summed E-state index contributed by atoms with van der Waals surface area (Å²) in [6, 6.07) is 86.5. The molecule has 0 atom stereocenters. The summed E-state index contributed by atoms with van der Waals surface area (Å²) < 4.78 is 5.19. The summed E-state index contributed by atoms with van der Waals surface area (Å²) in [6.07, 6.45) is 0.